The van der Waals surface area contributed by atoms with Gasteiger partial charge in [-0.3, -0.25) is 4.90 Å². The van der Waals surface area contributed by atoms with Crippen LogP contribution < -0.4 is 10.1 Å². The smallest absolute Gasteiger partial charge is 0.122 e. The highest BCUT2D eigenvalue weighted by atomic mass is 16.5. The van der Waals surface area contributed by atoms with Crippen molar-refractivity contribution in [3.05, 3.63) is 29.8 Å². The number of methoxy groups -OCH3 is 1. The summed E-state index contributed by atoms with van der Waals surface area (Å²) >= 11 is 0. The van der Waals surface area contributed by atoms with E-state index in [-0.39, 0.29) is 0 Å². The van der Waals surface area contributed by atoms with Gasteiger partial charge in [-0.05, 0) is 31.9 Å². The van der Waals surface area contributed by atoms with E-state index in [1.165, 1.54) is 5.56 Å². The van der Waals surface area contributed by atoms with Crippen LogP contribution in [0.2, 0.25) is 0 Å². The van der Waals surface area contributed by atoms with Gasteiger partial charge in [0.05, 0.1) is 7.11 Å². The molecule has 1 saturated heterocycles. The number of piperazine rings is 1. The van der Waals surface area contributed by atoms with Crippen molar-refractivity contribution in [2.24, 2.45) is 0 Å². The van der Waals surface area contributed by atoms with Crippen LogP contribution in [-0.2, 0) is 6.42 Å². The number of nitrogens with zero attached hydrogens (tertiary/aromatic N) is 1. The highest BCUT2D eigenvalue weighted by molar-refractivity contribution is 5.33. The number of benzene rings is 1. The van der Waals surface area contributed by atoms with Crippen LogP contribution in [0.1, 0.15) is 19.4 Å². The van der Waals surface area contributed by atoms with Gasteiger partial charge in [0.25, 0.3) is 0 Å². The van der Waals surface area contributed by atoms with Crippen molar-refractivity contribution in [3.63, 3.8) is 0 Å². The van der Waals surface area contributed by atoms with Gasteiger partial charge in [-0.15, -0.1) is 0 Å². The van der Waals surface area contributed by atoms with Crippen LogP contribution in [0.5, 0.6) is 5.75 Å². The lowest BCUT2D eigenvalue weighted by molar-refractivity contribution is 0.175. The molecule has 2 atom stereocenters. The number of nitrogens with one attached hydrogen (secondary N) is 1. The molecule has 1 heterocycles. The maximum absolute atomic E-state index is 5.40. The second kappa shape index (κ2) is 6.21. The fraction of sp³-hybridized carbons (Fsp3) is 0.600. The maximum Gasteiger partial charge on any atom is 0.122 e. The molecule has 1 aromatic rings. The molecule has 0 amide bonds. The molecular weight excluding hydrogens is 224 g/mol. The monoisotopic (exact) mass is 248 g/mol. The molecule has 0 saturated carbocycles. The minimum absolute atomic E-state index is 0.589. The van der Waals surface area contributed by atoms with Gasteiger partial charge in [0, 0.05) is 31.7 Å². The first-order valence-corrected chi connectivity index (χ1v) is 6.79. The summed E-state index contributed by atoms with van der Waals surface area (Å²) in [5.41, 5.74) is 1.30. The van der Waals surface area contributed by atoms with Crippen LogP contribution in [0.25, 0.3) is 0 Å². The topological polar surface area (TPSA) is 24.5 Å². The second-order valence-corrected chi connectivity index (χ2v) is 5.29. The Morgan fingerprint density at radius 2 is 1.89 bits per heavy atom. The van der Waals surface area contributed by atoms with Gasteiger partial charge in [0.1, 0.15) is 5.75 Å². The van der Waals surface area contributed by atoms with E-state index in [9.17, 15) is 0 Å². The van der Waals surface area contributed by atoms with Crippen LogP contribution in [-0.4, -0.2) is 43.7 Å². The third-order valence-corrected chi connectivity index (χ3v) is 3.52. The molecule has 1 N–H and O–H groups in total. The quantitative estimate of drug-likeness (QED) is 0.881. The Bertz CT molecular complexity index is 371. The Morgan fingerprint density at radius 3 is 2.56 bits per heavy atom. The molecule has 18 heavy (non-hydrogen) atoms. The van der Waals surface area contributed by atoms with E-state index in [1.807, 2.05) is 12.1 Å². The third kappa shape index (κ3) is 3.47. The number of para-hydroxylation sites is 1. The molecule has 100 valence electrons. The van der Waals surface area contributed by atoms with Crippen molar-refractivity contribution >= 4 is 0 Å². The lowest BCUT2D eigenvalue weighted by atomic mass is 10.1. The van der Waals surface area contributed by atoms with Crippen LogP contribution in [0, 0.1) is 0 Å². The molecule has 1 aromatic carbocycles. The average Bonchev–Trinajstić information content (AvgIpc) is 2.35. The van der Waals surface area contributed by atoms with Gasteiger partial charge >= 0.3 is 0 Å². The molecule has 0 radical (unpaired) electrons. The Kier molecular flexibility index (Phi) is 4.61. The third-order valence-electron chi connectivity index (χ3n) is 3.52. The zero-order chi connectivity index (χ0) is 13.0. The van der Waals surface area contributed by atoms with E-state index < -0.39 is 0 Å². The Hall–Kier alpha value is -1.06. The molecule has 3 nitrogen and oxygen atoms in total. The van der Waals surface area contributed by atoms with Gasteiger partial charge in [-0.1, -0.05) is 18.2 Å². The highest BCUT2D eigenvalue weighted by Gasteiger charge is 2.20. The predicted octanol–water partition coefficient (Wildman–Crippen LogP) is 1.92. The Morgan fingerprint density at radius 1 is 1.22 bits per heavy atom. The van der Waals surface area contributed by atoms with Crippen molar-refractivity contribution < 1.29 is 4.74 Å². The number of ether oxygens (including phenoxy) is 1. The summed E-state index contributed by atoms with van der Waals surface area (Å²) in [4.78, 5) is 2.54. The van der Waals surface area contributed by atoms with Crippen molar-refractivity contribution in [2.75, 3.05) is 26.7 Å². The van der Waals surface area contributed by atoms with E-state index in [1.54, 1.807) is 7.11 Å². The summed E-state index contributed by atoms with van der Waals surface area (Å²) < 4.78 is 5.40. The number of hydrogen-bond acceptors (Lipinski definition) is 3. The first-order chi connectivity index (χ1) is 8.69. The van der Waals surface area contributed by atoms with Crippen molar-refractivity contribution in [3.8, 4) is 5.75 Å². The molecule has 2 unspecified atom stereocenters. The number of hydrogen-bond donors (Lipinski definition) is 1. The Balaban J connectivity index is 1.91. The van der Waals surface area contributed by atoms with Crippen LogP contribution in [0.15, 0.2) is 24.3 Å². The van der Waals surface area contributed by atoms with Crippen molar-refractivity contribution in [1.82, 2.24) is 10.2 Å². The first kappa shape index (κ1) is 13.4. The molecule has 1 aliphatic heterocycles. The van der Waals surface area contributed by atoms with Crippen LogP contribution in [0.4, 0.5) is 0 Å². The zero-order valence-corrected chi connectivity index (χ0v) is 11.6. The fourth-order valence-corrected chi connectivity index (χ4v) is 2.81. The van der Waals surface area contributed by atoms with Gasteiger partial charge in [-0.2, -0.15) is 0 Å². The first-order valence-electron chi connectivity index (χ1n) is 6.79. The standard InChI is InChI=1S/C15H24N2O/c1-12-10-17(11-13(2)16-12)9-8-14-6-4-5-7-15(14)18-3/h4-7,12-13,16H,8-11H2,1-3H3. The van der Waals surface area contributed by atoms with Gasteiger partial charge in [0.2, 0.25) is 0 Å². The molecule has 0 aromatic heterocycles. The lowest BCUT2D eigenvalue weighted by Gasteiger charge is -2.36. The summed E-state index contributed by atoms with van der Waals surface area (Å²) in [6, 6.07) is 9.49. The van der Waals surface area contributed by atoms with E-state index >= 15 is 0 Å². The molecule has 2 rings (SSSR count). The minimum atomic E-state index is 0.589. The van der Waals surface area contributed by atoms with E-state index in [2.05, 4.69) is 36.2 Å². The van der Waals surface area contributed by atoms with Gasteiger partial charge < -0.3 is 10.1 Å². The molecule has 0 aliphatic carbocycles. The average molecular weight is 248 g/mol. The largest absolute Gasteiger partial charge is 0.496 e. The molecular formula is C15H24N2O. The van der Waals surface area contributed by atoms with Gasteiger partial charge in [-0.25, -0.2) is 0 Å². The molecule has 0 spiro atoms. The van der Waals surface area contributed by atoms with Crippen LogP contribution >= 0.6 is 0 Å². The SMILES string of the molecule is COc1ccccc1CCN1CC(C)NC(C)C1. The minimum Gasteiger partial charge on any atom is -0.496 e. The molecule has 3 heteroatoms. The van der Waals surface area contributed by atoms with E-state index in [0.717, 1.165) is 31.8 Å². The normalized spacial score (nSPS) is 25.1. The predicted molar refractivity (Wildman–Crippen MR) is 75.2 cm³/mol. The van der Waals surface area contributed by atoms with Gasteiger partial charge in [0.15, 0.2) is 0 Å². The molecule has 1 fully saturated rings. The molecule has 0 bridgehead atoms. The lowest BCUT2D eigenvalue weighted by Crippen LogP contribution is -2.54. The van der Waals surface area contributed by atoms with E-state index in [0.29, 0.717) is 12.1 Å². The Labute approximate surface area is 110 Å². The summed E-state index contributed by atoms with van der Waals surface area (Å²) in [5, 5.41) is 3.56. The second-order valence-electron chi connectivity index (χ2n) is 5.29. The van der Waals surface area contributed by atoms with Crippen LogP contribution in [0.3, 0.4) is 0 Å². The fourth-order valence-electron chi connectivity index (χ4n) is 2.81. The summed E-state index contributed by atoms with van der Waals surface area (Å²) in [6.45, 7) is 7.90. The number of rotatable bonds is 4. The van der Waals surface area contributed by atoms with E-state index in [4.69, 9.17) is 4.74 Å². The zero-order valence-electron chi connectivity index (χ0n) is 11.6. The summed E-state index contributed by atoms with van der Waals surface area (Å²) in [6.07, 6.45) is 1.06. The summed E-state index contributed by atoms with van der Waals surface area (Å²) in [5.74, 6) is 1.01. The van der Waals surface area contributed by atoms with Crippen molar-refractivity contribution in [2.45, 2.75) is 32.4 Å². The highest BCUT2D eigenvalue weighted by Crippen LogP contribution is 2.18. The van der Waals surface area contributed by atoms with Crippen molar-refractivity contribution in [1.29, 1.82) is 0 Å². The summed E-state index contributed by atoms with van der Waals surface area (Å²) in [7, 11) is 1.74. The maximum atomic E-state index is 5.40. The molecule has 1 aliphatic rings.